The van der Waals surface area contributed by atoms with Crippen LogP contribution in [0.25, 0.3) is 0 Å². The van der Waals surface area contributed by atoms with Crippen LogP contribution in [0.5, 0.6) is 0 Å². The number of morpholine rings is 1. The number of ether oxygens (including phenoxy) is 2. The molecule has 3 rings (SSSR count). The fraction of sp³-hybridized carbons (Fsp3) is 0.895. The van der Waals surface area contributed by atoms with E-state index in [-0.39, 0.29) is 5.92 Å². The molecule has 3 aliphatic rings. The van der Waals surface area contributed by atoms with Crippen LogP contribution in [0.2, 0.25) is 0 Å². The SMILES string of the molecule is CCNC(=NCCOCC1CC1)N1CCC(C(=O)N2CCOCC2)CC1. The number of aliphatic imine (C=N–C) groups is 1. The lowest BCUT2D eigenvalue weighted by Gasteiger charge is -2.36. The standard InChI is InChI=1S/C19H34N4O3/c1-2-20-19(21-7-12-26-15-16-3-4-16)23-8-5-17(6-9-23)18(24)22-10-13-25-14-11-22/h16-17H,2-15H2,1H3,(H,20,21). The number of guanidine groups is 1. The van der Waals surface area contributed by atoms with E-state index in [2.05, 4.69) is 17.1 Å². The van der Waals surface area contributed by atoms with Crippen LogP contribution in [0.3, 0.4) is 0 Å². The van der Waals surface area contributed by atoms with E-state index in [0.29, 0.717) is 32.3 Å². The van der Waals surface area contributed by atoms with Gasteiger partial charge in [-0.3, -0.25) is 9.79 Å². The first-order valence-electron chi connectivity index (χ1n) is 10.3. The normalized spacial score (nSPS) is 22.6. The highest BCUT2D eigenvalue weighted by molar-refractivity contribution is 5.81. The van der Waals surface area contributed by atoms with Gasteiger partial charge in [-0.2, -0.15) is 0 Å². The Balaban J connectivity index is 1.41. The molecule has 0 atom stereocenters. The number of hydrogen-bond acceptors (Lipinski definition) is 4. The number of nitrogens with one attached hydrogen (secondary N) is 1. The van der Waals surface area contributed by atoms with Crippen molar-refractivity contribution in [3.05, 3.63) is 0 Å². The number of piperidine rings is 1. The van der Waals surface area contributed by atoms with Crippen LogP contribution < -0.4 is 5.32 Å². The van der Waals surface area contributed by atoms with Crippen LogP contribution >= 0.6 is 0 Å². The largest absolute Gasteiger partial charge is 0.379 e. The molecule has 2 heterocycles. The molecule has 1 amide bonds. The van der Waals surface area contributed by atoms with Gasteiger partial charge < -0.3 is 24.6 Å². The van der Waals surface area contributed by atoms with Crippen molar-refractivity contribution in [2.24, 2.45) is 16.8 Å². The highest BCUT2D eigenvalue weighted by Gasteiger charge is 2.30. The van der Waals surface area contributed by atoms with Crippen LogP contribution in [0.1, 0.15) is 32.6 Å². The molecule has 0 aromatic carbocycles. The Morgan fingerprint density at radius 1 is 1.12 bits per heavy atom. The maximum Gasteiger partial charge on any atom is 0.225 e. The van der Waals surface area contributed by atoms with Gasteiger partial charge in [0.15, 0.2) is 5.96 Å². The van der Waals surface area contributed by atoms with Crippen molar-refractivity contribution >= 4 is 11.9 Å². The summed E-state index contributed by atoms with van der Waals surface area (Å²) in [4.78, 5) is 21.6. The lowest BCUT2D eigenvalue weighted by atomic mass is 9.95. The lowest BCUT2D eigenvalue weighted by Crippen LogP contribution is -2.50. The minimum atomic E-state index is 0.147. The van der Waals surface area contributed by atoms with Gasteiger partial charge in [0.1, 0.15) is 0 Å². The molecule has 0 spiro atoms. The monoisotopic (exact) mass is 366 g/mol. The first kappa shape index (κ1) is 19.4. The van der Waals surface area contributed by atoms with Crippen molar-refractivity contribution in [1.29, 1.82) is 0 Å². The minimum Gasteiger partial charge on any atom is -0.379 e. The zero-order valence-corrected chi connectivity index (χ0v) is 16.1. The second kappa shape index (κ2) is 10.1. The molecule has 7 nitrogen and oxygen atoms in total. The molecule has 1 N–H and O–H groups in total. The molecule has 7 heteroatoms. The van der Waals surface area contributed by atoms with Gasteiger partial charge in [-0.05, 0) is 38.5 Å². The first-order chi connectivity index (χ1) is 12.8. The van der Waals surface area contributed by atoms with E-state index < -0.39 is 0 Å². The molecule has 0 bridgehead atoms. The van der Waals surface area contributed by atoms with Crippen molar-refractivity contribution in [2.45, 2.75) is 32.6 Å². The van der Waals surface area contributed by atoms with Crippen LogP contribution in [0.4, 0.5) is 0 Å². The van der Waals surface area contributed by atoms with E-state index in [1.54, 1.807) is 0 Å². The average Bonchev–Trinajstić information content (AvgIpc) is 3.51. The maximum atomic E-state index is 12.6. The Morgan fingerprint density at radius 3 is 2.50 bits per heavy atom. The molecule has 2 aliphatic heterocycles. The van der Waals surface area contributed by atoms with Crippen molar-refractivity contribution < 1.29 is 14.3 Å². The molecule has 2 saturated heterocycles. The summed E-state index contributed by atoms with van der Waals surface area (Å²) in [6.45, 7) is 9.82. The fourth-order valence-corrected chi connectivity index (χ4v) is 3.56. The van der Waals surface area contributed by atoms with E-state index >= 15 is 0 Å². The molecular weight excluding hydrogens is 332 g/mol. The Kier molecular flexibility index (Phi) is 7.55. The fourth-order valence-electron chi connectivity index (χ4n) is 3.56. The summed E-state index contributed by atoms with van der Waals surface area (Å²) in [5.41, 5.74) is 0. The van der Waals surface area contributed by atoms with Crippen molar-refractivity contribution in [3.8, 4) is 0 Å². The van der Waals surface area contributed by atoms with Crippen LogP contribution in [0, 0.1) is 11.8 Å². The highest BCUT2D eigenvalue weighted by atomic mass is 16.5. The van der Waals surface area contributed by atoms with Gasteiger partial charge in [-0.15, -0.1) is 0 Å². The lowest BCUT2D eigenvalue weighted by molar-refractivity contribution is -0.140. The smallest absolute Gasteiger partial charge is 0.225 e. The van der Waals surface area contributed by atoms with E-state index in [0.717, 1.165) is 64.0 Å². The molecule has 0 radical (unpaired) electrons. The number of amides is 1. The predicted octanol–water partition coefficient (Wildman–Crippen LogP) is 0.949. The molecule has 0 aromatic heterocycles. The summed E-state index contributed by atoms with van der Waals surface area (Å²) < 4.78 is 11.0. The predicted molar refractivity (Wildman–Crippen MR) is 101 cm³/mol. The molecular formula is C19H34N4O3. The molecule has 148 valence electrons. The summed E-state index contributed by atoms with van der Waals surface area (Å²) >= 11 is 0. The number of carbonyl (C=O) groups excluding carboxylic acids is 1. The van der Waals surface area contributed by atoms with Crippen LogP contribution in [0.15, 0.2) is 4.99 Å². The second-order valence-electron chi connectivity index (χ2n) is 7.45. The Morgan fingerprint density at radius 2 is 1.85 bits per heavy atom. The van der Waals surface area contributed by atoms with Gasteiger partial charge in [-0.25, -0.2) is 0 Å². The third-order valence-electron chi connectivity index (χ3n) is 5.35. The summed E-state index contributed by atoms with van der Waals surface area (Å²) in [5, 5.41) is 3.38. The zero-order valence-electron chi connectivity index (χ0n) is 16.1. The third kappa shape index (κ3) is 5.84. The van der Waals surface area contributed by atoms with Crippen molar-refractivity contribution in [1.82, 2.24) is 15.1 Å². The van der Waals surface area contributed by atoms with Gasteiger partial charge in [0.05, 0.1) is 26.4 Å². The van der Waals surface area contributed by atoms with Crippen molar-refractivity contribution in [3.63, 3.8) is 0 Å². The number of hydrogen-bond donors (Lipinski definition) is 1. The van der Waals surface area contributed by atoms with E-state index in [4.69, 9.17) is 14.5 Å². The molecule has 0 unspecified atom stereocenters. The Bertz CT molecular complexity index is 467. The molecule has 1 aliphatic carbocycles. The zero-order chi connectivity index (χ0) is 18.2. The quantitative estimate of drug-likeness (QED) is 0.413. The minimum absolute atomic E-state index is 0.147. The van der Waals surface area contributed by atoms with Crippen LogP contribution in [-0.2, 0) is 14.3 Å². The number of likely N-dealkylation sites (tertiary alicyclic amines) is 1. The van der Waals surface area contributed by atoms with Gasteiger partial charge in [0, 0.05) is 45.2 Å². The van der Waals surface area contributed by atoms with Crippen molar-refractivity contribution in [2.75, 3.05) is 65.7 Å². The number of nitrogens with zero attached hydrogens (tertiary/aromatic N) is 3. The second-order valence-corrected chi connectivity index (χ2v) is 7.45. The summed E-state index contributed by atoms with van der Waals surface area (Å²) in [5.74, 6) is 2.22. The average molecular weight is 367 g/mol. The van der Waals surface area contributed by atoms with Gasteiger partial charge >= 0.3 is 0 Å². The van der Waals surface area contributed by atoms with Gasteiger partial charge in [0.2, 0.25) is 5.91 Å². The third-order valence-corrected chi connectivity index (χ3v) is 5.35. The summed E-state index contributed by atoms with van der Waals surface area (Å²) in [7, 11) is 0. The number of carbonyl (C=O) groups is 1. The van der Waals surface area contributed by atoms with E-state index in [1.807, 2.05) is 4.90 Å². The molecule has 26 heavy (non-hydrogen) atoms. The van der Waals surface area contributed by atoms with E-state index in [9.17, 15) is 4.79 Å². The topological polar surface area (TPSA) is 66.4 Å². The highest BCUT2D eigenvalue weighted by Crippen LogP contribution is 2.28. The van der Waals surface area contributed by atoms with E-state index in [1.165, 1.54) is 12.8 Å². The summed E-state index contributed by atoms with van der Waals surface area (Å²) in [6.07, 6.45) is 4.45. The van der Waals surface area contributed by atoms with Gasteiger partial charge in [-0.1, -0.05) is 0 Å². The molecule has 0 aromatic rings. The molecule has 1 saturated carbocycles. The van der Waals surface area contributed by atoms with Gasteiger partial charge in [0.25, 0.3) is 0 Å². The Hall–Kier alpha value is -1.34. The summed E-state index contributed by atoms with van der Waals surface area (Å²) in [6, 6.07) is 0. The first-order valence-corrected chi connectivity index (χ1v) is 10.3. The Labute approximate surface area is 157 Å². The maximum absolute atomic E-state index is 12.6. The number of rotatable bonds is 7. The van der Waals surface area contributed by atoms with Crippen LogP contribution in [-0.4, -0.2) is 87.4 Å². The molecule has 3 fully saturated rings.